The summed E-state index contributed by atoms with van der Waals surface area (Å²) in [7, 11) is 0. The highest BCUT2D eigenvalue weighted by Gasteiger charge is 2.67. The third kappa shape index (κ3) is 5.74. The van der Waals surface area contributed by atoms with Gasteiger partial charge in [-0.05, 0) is 47.5 Å². The van der Waals surface area contributed by atoms with Crippen LogP contribution in [-0.4, -0.2) is 21.8 Å². The van der Waals surface area contributed by atoms with Gasteiger partial charge in [-0.3, -0.25) is 14.4 Å². The van der Waals surface area contributed by atoms with Gasteiger partial charge >= 0.3 is 0 Å². The van der Waals surface area contributed by atoms with E-state index < -0.39 is 22.1 Å². The van der Waals surface area contributed by atoms with E-state index in [-0.39, 0.29) is 28.6 Å². The van der Waals surface area contributed by atoms with Crippen molar-refractivity contribution < 1.29 is 14.4 Å². The van der Waals surface area contributed by atoms with Crippen LogP contribution in [0.5, 0.6) is 0 Å². The van der Waals surface area contributed by atoms with Crippen LogP contribution in [-0.2, 0) is 11.2 Å². The first kappa shape index (κ1) is 27.0. The second-order valence-corrected chi connectivity index (χ2v) is 11.3. The molecule has 3 aromatic carbocycles. The van der Waals surface area contributed by atoms with Gasteiger partial charge in [0.25, 0.3) is 0 Å². The summed E-state index contributed by atoms with van der Waals surface area (Å²) in [6.45, 7) is 1.80. The fourth-order valence-corrected chi connectivity index (χ4v) is 5.75. The Hall–Kier alpha value is -2.08. The molecule has 1 amide bonds. The van der Waals surface area contributed by atoms with Crippen LogP contribution in [0.3, 0.4) is 0 Å². The highest BCUT2D eigenvalue weighted by atomic mass is 35.5. The first-order valence-corrected chi connectivity index (χ1v) is 13.0. The summed E-state index contributed by atoms with van der Waals surface area (Å²) in [4.78, 5) is 37.8. The lowest BCUT2D eigenvalue weighted by Crippen LogP contribution is -2.17. The van der Waals surface area contributed by atoms with Crippen molar-refractivity contribution in [2.45, 2.75) is 30.0 Å². The van der Waals surface area contributed by atoms with Crippen molar-refractivity contribution in [1.82, 2.24) is 0 Å². The number of alkyl halides is 2. The van der Waals surface area contributed by atoms with Crippen LogP contribution in [0.4, 0.5) is 5.69 Å². The molecule has 0 spiro atoms. The van der Waals surface area contributed by atoms with E-state index in [1.807, 2.05) is 0 Å². The molecular weight excluding hydrogens is 564 g/mol. The van der Waals surface area contributed by atoms with Crippen LogP contribution < -0.4 is 5.32 Å². The van der Waals surface area contributed by atoms with Gasteiger partial charge in [0.1, 0.15) is 4.33 Å². The number of halogens is 5. The van der Waals surface area contributed by atoms with Crippen LogP contribution in [0.25, 0.3) is 0 Å². The zero-order valence-corrected chi connectivity index (χ0v) is 22.7. The standard InChI is InChI=1S/C27H20Cl5NO3/c1-2-22(34)15-5-3-14(4-6-15)9-23(35)20-13-19(7-8-21(20)30)33-26(36)25-24(27(25,31)32)16-10-17(28)12-18(29)11-16/h3-8,10-13,24-25H,2,9H2,1H3,(H,33,36). The molecule has 1 aliphatic carbocycles. The zero-order valence-electron chi connectivity index (χ0n) is 19.0. The number of rotatable bonds is 8. The third-order valence-electron chi connectivity index (χ3n) is 6.08. The molecule has 1 saturated carbocycles. The van der Waals surface area contributed by atoms with E-state index in [9.17, 15) is 14.4 Å². The smallest absolute Gasteiger partial charge is 0.231 e. The molecule has 3 aromatic rings. The van der Waals surface area contributed by atoms with Crippen molar-refractivity contribution in [3.63, 3.8) is 0 Å². The number of hydrogen-bond acceptors (Lipinski definition) is 3. The Bertz CT molecular complexity index is 1330. The Morgan fingerprint density at radius 2 is 1.50 bits per heavy atom. The van der Waals surface area contributed by atoms with E-state index >= 15 is 0 Å². The maximum Gasteiger partial charge on any atom is 0.231 e. The molecule has 1 aliphatic rings. The lowest BCUT2D eigenvalue weighted by atomic mass is 10.00. The molecule has 2 unspecified atom stereocenters. The molecule has 0 aliphatic heterocycles. The summed E-state index contributed by atoms with van der Waals surface area (Å²) >= 11 is 31.3. The van der Waals surface area contributed by atoms with Crippen LogP contribution in [0.15, 0.2) is 60.7 Å². The summed E-state index contributed by atoms with van der Waals surface area (Å²) in [6.07, 6.45) is 0.500. The van der Waals surface area contributed by atoms with Crippen molar-refractivity contribution in [1.29, 1.82) is 0 Å². The van der Waals surface area contributed by atoms with Gasteiger partial charge in [0.15, 0.2) is 11.6 Å². The summed E-state index contributed by atoms with van der Waals surface area (Å²) in [6, 6.07) is 16.5. The van der Waals surface area contributed by atoms with E-state index in [0.717, 1.165) is 5.56 Å². The first-order valence-electron chi connectivity index (χ1n) is 11.1. The highest BCUT2D eigenvalue weighted by Crippen LogP contribution is 2.65. The van der Waals surface area contributed by atoms with Crippen LogP contribution in [0, 0.1) is 5.92 Å². The Labute approximate surface area is 233 Å². The minimum atomic E-state index is -1.32. The van der Waals surface area contributed by atoms with Crippen LogP contribution in [0.2, 0.25) is 15.1 Å². The maximum atomic E-state index is 13.0. The highest BCUT2D eigenvalue weighted by molar-refractivity contribution is 6.53. The number of anilines is 1. The largest absolute Gasteiger partial charge is 0.326 e. The normalized spacial score (nSPS) is 17.9. The molecule has 1 fully saturated rings. The average Bonchev–Trinajstić information content (AvgIpc) is 3.41. The van der Waals surface area contributed by atoms with Gasteiger partial charge < -0.3 is 5.32 Å². The lowest BCUT2D eigenvalue weighted by Gasteiger charge is -2.10. The van der Waals surface area contributed by atoms with Crippen molar-refractivity contribution >= 4 is 81.2 Å². The molecule has 0 heterocycles. The number of Topliss-reactive ketones (excluding diaryl/α,β-unsaturated/α-hetero) is 2. The molecule has 0 bridgehead atoms. The van der Waals surface area contributed by atoms with Crippen molar-refractivity contribution in [3.8, 4) is 0 Å². The maximum absolute atomic E-state index is 13.0. The van der Waals surface area contributed by atoms with Gasteiger partial charge in [-0.1, -0.05) is 66.0 Å². The van der Waals surface area contributed by atoms with E-state index in [1.54, 1.807) is 61.5 Å². The van der Waals surface area contributed by atoms with E-state index in [2.05, 4.69) is 5.32 Å². The average molecular weight is 584 g/mol. The van der Waals surface area contributed by atoms with Gasteiger partial charge in [-0.25, -0.2) is 0 Å². The minimum absolute atomic E-state index is 0.0358. The molecule has 36 heavy (non-hydrogen) atoms. The molecule has 0 radical (unpaired) electrons. The van der Waals surface area contributed by atoms with Crippen molar-refractivity contribution in [2.24, 2.45) is 5.92 Å². The van der Waals surface area contributed by atoms with E-state index in [0.29, 0.717) is 33.3 Å². The van der Waals surface area contributed by atoms with Crippen LogP contribution in [0.1, 0.15) is 51.1 Å². The number of hydrogen-bond donors (Lipinski definition) is 1. The molecular formula is C27H20Cl5NO3. The molecule has 0 aromatic heterocycles. The number of carbonyl (C=O) groups is 3. The molecule has 186 valence electrons. The number of ketones is 2. The third-order valence-corrected chi connectivity index (χ3v) is 7.78. The Morgan fingerprint density at radius 1 is 0.861 bits per heavy atom. The molecule has 0 saturated heterocycles. The fraction of sp³-hybridized carbons (Fsp3) is 0.222. The number of nitrogens with one attached hydrogen (secondary N) is 1. The minimum Gasteiger partial charge on any atom is -0.326 e. The zero-order chi connectivity index (χ0) is 26.2. The lowest BCUT2D eigenvalue weighted by molar-refractivity contribution is -0.117. The SMILES string of the molecule is CCC(=O)c1ccc(CC(=O)c2cc(NC(=O)C3C(c4cc(Cl)cc(Cl)c4)C3(Cl)Cl)ccc2Cl)cc1. The summed E-state index contributed by atoms with van der Waals surface area (Å²) in [5, 5.41) is 3.87. The van der Waals surface area contributed by atoms with Gasteiger partial charge in [0.05, 0.1) is 10.9 Å². The molecule has 2 atom stereocenters. The summed E-state index contributed by atoms with van der Waals surface area (Å²) < 4.78 is -1.32. The number of benzene rings is 3. The monoisotopic (exact) mass is 581 g/mol. The Kier molecular flexibility index (Phi) is 8.04. The predicted molar refractivity (Wildman–Crippen MR) is 146 cm³/mol. The van der Waals surface area contributed by atoms with Gasteiger partial charge in [-0.15, -0.1) is 23.2 Å². The van der Waals surface area contributed by atoms with Gasteiger partial charge in [-0.2, -0.15) is 0 Å². The number of carbonyl (C=O) groups excluding carboxylic acids is 3. The second kappa shape index (κ2) is 10.7. The Balaban J connectivity index is 1.48. The van der Waals surface area contributed by atoms with Crippen molar-refractivity contribution in [2.75, 3.05) is 5.32 Å². The summed E-state index contributed by atoms with van der Waals surface area (Å²) in [5.74, 6) is -1.83. The quantitative estimate of drug-likeness (QED) is 0.215. The topological polar surface area (TPSA) is 63.2 Å². The van der Waals surface area contributed by atoms with E-state index in [4.69, 9.17) is 58.0 Å². The first-order chi connectivity index (χ1) is 17.0. The molecule has 9 heteroatoms. The van der Waals surface area contributed by atoms with E-state index in [1.165, 1.54) is 6.07 Å². The fourth-order valence-electron chi connectivity index (χ4n) is 4.15. The number of amides is 1. The predicted octanol–water partition coefficient (Wildman–Crippen LogP) is 8.19. The molecule has 1 N–H and O–H groups in total. The van der Waals surface area contributed by atoms with Gasteiger partial charge in [0, 0.05) is 45.6 Å². The van der Waals surface area contributed by atoms with Crippen molar-refractivity contribution in [3.05, 3.63) is 98.0 Å². The molecule has 4 rings (SSSR count). The van der Waals surface area contributed by atoms with Crippen LogP contribution >= 0.6 is 58.0 Å². The second-order valence-electron chi connectivity index (χ2n) is 8.59. The summed E-state index contributed by atoms with van der Waals surface area (Å²) in [5.41, 5.74) is 2.66. The Morgan fingerprint density at radius 3 is 2.11 bits per heavy atom. The molecule has 4 nitrogen and oxygen atoms in total. The van der Waals surface area contributed by atoms with Gasteiger partial charge in [0.2, 0.25) is 5.91 Å².